The van der Waals surface area contributed by atoms with Crippen molar-refractivity contribution in [2.45, 2.75) is 68.3 Å². The molecule has 5 rings (SSSR count). The molecule has 0 spiro atoms. The zero-order chi connectivity index (χ0) is 39.5. The number of methoxy groups -OCH3 is 1. The Morgan fingerprint density at radius 2 is 1.16 bits per heavy atom. The lowest BCUT2D eigenvalue weighted by atomic mass is 9.95. The Hall–Kier alpha value is -4.75. The second-order valence-corrected chi connectivity index (χ2v) is 12.9. The molecule has 17 heteroatoms. The van der Waals surface area contributed by atoms with E-state index in [1.54, 1.807) is 54.6 Å². The summed E-state index contributed by atoms with van der Waals surface area (Å²) in [6.45, 7) is -0.0956. The van der Waals surface area contributed by atoms with Crippen molar-refractivity contribution in [2.75, 3.05) is 25.7 Å². The zero-order valence-electron chi connectivity index (χ0n) is 29.6. The molecular formula is C38H40BrNO15. The maximum atomic E-state index is 13.8. The van der Waals surface area contributed by atoms with E-state index in [4.69, 9.17) is 37.9 Å². The number of esters is 4. The van der Waals surface area contributed by atoms with Gasteiger partial charge in [0.2, 0.25) is 5.91 Å². The Balaban J connectivity index is 1.64. The van der Waals surface area contributed by atoms with Crippen LogP contribution in [0.15, 0.2) is 91.0 Å². The van der Waals surface area contributed by atoms with E-state index < -0.39 is 104 Å². The smallest absolute Gasteiger partial charge is 0.338 e. The van der Waals surface area contributed by atoms with E-state index in [0.717, 1.165) is 0 Å². The fraction of sp³-hybridized carbons (Fsp3) is 0.395. The van der Waals surface area contributed by atoms with Gasteiger partial charge >= 0.3 is 23.9 Å². The Kier molecular flexibility index (Phi) is 14.8. The maximum absolute atomic E-state index is 13.8. The van der Waals surface area contributed by atoms with E-state index in [0.29, 0.717) is 0 Å². The maximum Gasteiger partial charge on any atom is 0.338 e. The molecular weight excluding hydrogens is 790 g/mol. The Morgan fingerprint density at radius 1 is 0.691 bits per heavy atom. The second kappa shape index (κ2) is 19.7. The summed E-state index contributed by atoms with van der Waals surface area (Å²) in [7, 11) is 1.27. The summed E-state index contributed by atoms with van der Waals surface area (Å²) >= 11 is 3.03. The topological polar surface area (TPSA) is 212 Å². The number of halogens is 1. The van der Waals surface area contributed by atoms with Gasteiger partial charge in [-0.3, -0.25) is 9.59 Å². The first-order valence-electron chi connectivity index (χ1n) is 17.1. The normalized spacial score (nSPS) is 27.6. The average molecular weight is 831 g/mol. The van der Waals surface area contributed by atoms with Crippen LogP contribution in [0.1, 0.15) is 38.0 Å². The average Bonchev–Trinajstić information content (AvgIpc) is 3.21. The molecule has 16 nitrogen and oxygen atoms in total. The van der Waals surface area contributed by atoms with Crippen LogP contribution in [-0.2, 0) is 47.5 Å². The highest BCUT2D eigenvalue weighted by Gasteiger charge is 2.56. The first kappa shape index (κ1) is 41.4. The first-order chi connectivity index (χ1) is 26.5. The quantitative estimate of drug-likeness (QED) is 0.120. The van der Waals surface area contributed by atoms with Crippen LogP contribution in [0, 0.1) is 0 Å². The predicted molar refractivity (Wildman–Crippen MR) is 192 cm³/mol. The lowest BCUT2D eigenvalue weighted by Gasteiger charge is -2.48. The minimum absolute atomic E-state index is 0.0719. The van der Waals surface area contributed by atoms with Crippen LogP contribution in [0.25, 0.3) is 0 Å². The molecule has 2 fully saturated rings. The molecule has 3 N–H and O–H groups in total. The molecule has 0 unspecified atom stereocenters. The second-order valence-electron chi connectivity index (χ2n) is 12.3. The van der Waals surface area contributed by atoms with Gasteiger partial charge in [0.1, 0.15) is 42.4 Å². The number of hydrogen-bond donors (Lipinski definition) is 3. The van der Waals surface area contributed by atoms with Gasteiger partial charge in [0.25, 0.3) is 0 Å². The standard InChI is InChI=1S/C38H40BrNO15/c1-21(42)40-28-31(29(44)25(19-41)50-37(28)48-2)55-38-33(54-36(47)24-16-10-5-11-17-24)32(53-35(46)23-14-8-4-9-15-23)30(26(51-38)20-49-27(43)18-39)52-34(45)22-12-6-3-7-13-22/h3-17,25-26,28-33,37-38,41,44H,18-20H2,1-2H3,(H,40,42)/t25-,26-,28-,29+,30+,31-,32+,33-,37+,38+/m1/s1. The fourth-order valence-electron chi connectivity index (χ4n) is 6.01. The monoisotopic (exact) mass is 829 g/mol. The van der Waals surface area contributed by atoms with E-state index >= 15 is 0 Å². The SMILES string of the molecule is CO[C@H]1O[C@H](CO)[C@H](O)[C@H](O[C@@H]2O[C@H](COC(=O)CBr)[C@H](OC(=O)c3ccccc3)[C@H](OC(=O)c3ccccc3)[C@H]2OC(=O)c2ccccc2)[C@H]1NC(C)=O. The van der Waals surface area contributed by atoms with Gasteiger partial charge in [0.15, 0.2) is 30.9 Å². The number of rotatable bonds is 14. The van der Waals surface area contributed by atoms with Crippen LogP contribution in [0.3, 0.4) is 0 Å². The summed E-state index contributed by atoms with van der Waals surface area (Å²) in [6.07, 6.45) is -14.2. The van der Waals surface area contributed by atoms with Crippen molar-refractivity contribution in [3.05, 3.63) is 108 Å². The van der Waals surface area contributed by atoms with Crippen molar-refractivity contribution >= 4 is 45.7 Å². The van der Waals surface area contributed by atoms with Crippen LogP contribution in [0.4, 0.5) is 0 Å². The van der Waals surface area contributed by atoms with Crippen LogP contribution in [0.2, 0.25) is 0 Å². The number of hydrogen-bond acceptors (Lipinski definition) is 15. The summed E-state index contributed by atoms with van der Waals surface area (Å²) in [5.41, 5.74) is 0.254. The molecule has 0 saturated carbocycles. The number of nitrogens with one attached hydrogen (secondary N) is 1. The number of ether oxygens (including phenoxy) is 8. The third kappa shape index (κ3) is 10.5. The summed E-state index contributed by atoms with van der Waals surface area (Å²) in [5.74, 6) is -4.05. The van der Waals surface area contributed by atoms with Crippen LogP contribution in [-0.4, -0.2) is 127 Å². The van der Waals surface area contributed by atoms with Crippen molar-refractivity contribution < 1.29 is 72.1 Å². The minimum atomic E-state index is -1.81. The number of alkyl halides is 1. The molecule has 0 aromatic heterocycles. The molecule has 3 aromatic carbocycles. The van der Waals surface area contributed by atoms with Crippen LogP contribution >= 0.6 is 15.9 Å². The summed E-state index contributed by atoms with van der Waals surface area (Å²) < 4.78 is 47.2. The highest BCUT2D eigenvalue weighted by Crippen LogP contribution is 2.34. The minimum Gasteiger partial charge on any atom is -0.462 e. The molecule has 55 heavy (non-hydrogen) atoms. The van der Waals surface area contributed by atoms with Gasteiger partial charge in [-0.1, -0.05) is 70.5 Å². The lowest BCUT2D eigenvalue weighted by Crippen LogP contribution is -2.68. The summed E-state index contributed by atoms with van der Waals surface area (Å²) in [5, 5.41) is 23.9. The van der Waals surface area contributed by atoms with Gasteiger partial charge < -0.3 is 53.4 Å². The molecule has 2 aliphatic rings. The highest BCUT2D eigenvalue weighted by molar-refractivity contribution is 9.09. The Labute approximate surface area is 324 Å². The molecule has 3 aromatic rings. The van der Waals surface area contributed by atoms with Crippen molar-refractivity contribution in [3.8, 4) is 0 Å². The predicted octanol–water partition coefficient (Wildman–Crippen LogP) is 1.94. The van der Waals surface area contributed by atoms with Gasteiger partial charge in [-0.25, -0.2) is 14.4 Å². The van der Waals surface area contributed by atoms with E-state index in [2.05, 4.69) is 21.2 Å². The van der Waals surface area contributed by atoms with E-state index in [1.165, 1.54) is 50.4 Å². The van der Waals surface area contributed by atoms with Crippen molar-refractivity contribution in [2.24, 2.45) is 0 Å². The number of carbonyl (C=O) groups is 5. The number of aliphatic hydroxyl groups is 2. The molecule has 0 radical (unpaired) electrons. The fourth-order valence-corrected chi connectivity index (χ4v) is 6.17. The van der Waals surface area contributed by atoms with Gasteiger partial charge in [-0.2, -0.15) is 0 Å². The van der Waals surface area contributed by atoms with Gasteiger partial charge in [-0.15, -0.1) is 0 Å². The Morgan fingerprint density at radius 3 is 1.62 bits per heavy atom. The largest absolute Gasteiger partial charge is 0.462 e. The van der Waals surface area contributed by atoms with Gasteiger partial charge in [0, 0.05) is 14.0 Å². The highest BCUT2D eigenvalue weighted by atomic mass is 79.9. The molecule has 294 valence electrons. The first-order valence-corrected chi connectivity index (χ1v) is 18.2. The van der Waals surface area contributed by atoms with E-state index in [-0.39, 0.29) is 22.0 Å². The van der Waals surface area contributed by atoms with Crippen LogP contribution in [0.5, 0.6) is 0 Å². The number of aliphatic hydroxyl groups excluding tert-OH is 2. The number of carbonyl (C=O) groups excluding carboxylic acids is 5. The lowest BCUT2D eigenvalue weighted by molar-refractivity contribution is -0.341. The van der Waals surface area contributed by atoms with Gasteiger partial charge in [-0.05, 0) is 36.4 Å². The molecule has 0 bridgehead atoms. The molecule has 2 aliphatic heterocycles. The Bertz CT molecular complexity index is 1750. The number of benzene rings is 3. The van der Waals surface area contributed by atoms with E-state index in [1.807, 2.05) is 0 Å². The summed E-state index contributed by atoms with van der Waals surface area (Å²) in [6, 6.07) is 22.2. The van der Waals surface area contributed by atoms with E-state index in [9.17, 15) is 34.2 Å². The third-order valence-electron chi connectivity index (χ3n) is 8.61. The molecule has 2 saturated heterocycles. The molecule has 2 heterocycles. The molecule has 10 atom stereocenters. The van der Waals surface area contributed by atoms with Crippen molar-refractivity contribution in [1.29, 1.82) is 0 Å². The van der Waals surface area contributed by atoms with Crippen molar-refractivity contribution in [1.82, 2.24) is 5.32 Å². The molecule has 0 aliphatic carbocycles. The number of amides is 1. The van der Waals surface area contributed by atoms with Gasteiger partial charge in [0.05, 0.1) is 23.3 Å². The zero-order valence-corrected chi connectivity index (χ0v) is 31.2. The third-order valence-corrected chi connectivity index (χ3v) is 9.07. The molecule has 1 amide bonds. The summed E-state index contributed by atoms with van der Waals surface area (Å²) in [4.78, 5) is 66.0. The van der Waals surface area contributed by atoms with Crippen molar-refractivity contribution in [3.63, 3.8) is 0 Å². The van der Waals surface area contributed by atoms with Crippen LogP contribution < -0.4 is 5.32 Å².